The minimum absolute atomic E-state index is 0.182. The minimum Gasteiger partial charge on any atom is -0.454 e. The van der Waals surface area contributed by atoms with Gasteiger partial charge in [0.25, 0.3) is 0 Å². The van der Waals surface area contributed by atoms with E-state index in [1.54, 1.807) is 41.8 Å². The molecule has 134 valence electrons. The van der Waals surface area contributed by atoms with Gasteiger partial charge in [-0.1, -0.05) is 35.0 Å². The van der Waals surface area contributed by atoms with Gasteiger partial charge in [0.2, 0.25) is 12.7 Å². The largest absolute Gasteiger partial charge is 0.454 e. The van der Waals surface area contributed by atoms with Gasteiger partial charge in [-0.2, -0.15) is 0 Å². The molecule has 0 unspecified atom stereocenters. The maximum Gasteiger partial charge on any atom is 0.237 e. The van der Waals surface area contributed by atoms with E-state index in [-0.39, 0.29) is 12.7 Å². The lowest BCUT2D eigenvalue weighted by Gasteiger charge is -2.11. The molecule has 1 aromatic carbocycles. The number of aromatic nitrogens is 3. The standard InChI is InChI=1S/C16H12Cl2N4O3S/c1-8(15(23)19-10-2-3-12-13(5-10)25-7-24-12)26-16-21-20-14-11(18)4-9(17)6-22(14)16/h2-6,8H,7H2,1H3,(H,19,23)/t8-/m0/s1. The van der Waals surface area contributed by atoms with Gasteiger partial charge in [0.15, 0.2) is 22.3 Å². The van der Waals surface area contributed by atoms with E-state index in [0.717, 1.165) is 0 Å². The summed E-state index contributed by atoms with van der Waals surface area (Å²) in [7, 11) is 0. The summed E-state index contributed by atoms with van der Waals surface area (Å²) in [6.45, 7) is 1.96. The molecule has 0 saturated heterocycles. The van der Waals surface area contributed by atoms with Gasteiger partial charge in [0.05, 0.1) is 15.3 Å². The lowest BCUT2D eigenvalue weighted by molar-refractivity contribution is -0.115. The number of halogens is 2. The van der Waals surface area contributed by atoms with Crippen LogP contribution in [0.4, 0.5) is 5.69 Å². The van der Waals surface area contributed by atoms with Crippen molar-refractivity contribution in [1.82, 2.24) is 14.6 Å². The molecule has 0 fully saturated rings. The van der Waals surface area contributed by atoms with Crippen LogP contribution in [0.5, 0.6) is 11.5 Å². The van der Waals surface area contributed by atoms with E-state index in [9.17, 15) is 4.79 Å². The Morgan fingerprint density at radius 3 is 2.92 bits per heavy atom. The van der Waals surface area contributed by atoms with Crippen molar-refractivity contribution < 1.29 is 14.3 Å². The number of amides is 1. The number of rotatable bonds is 4. The van der Waals surface area contributed by atoms with E-state index in [2.05, 4.69) is 15.5 Å². The van der Waals surface area contributed by atoms with Crippen LogP contribution in [0.15, 0.2) is 35.6 Å². The number of hydrogen-bond acceptors (Lipinski definition) is 6. The Labute approximate surface area is 162 Å². The zero-order chi connectivity index (χ0) is 18.3. The molecule has 1 aliphatic heterocycles. The number of anilines is 1. The average Bonchev–Trinajstić information content (AvgIpc) is 3.21. The summed E-state index contributed by atoms with van der Waals surface area (Å²) in [5, 5.41) is 11.9. The SMILES string of the molecule is C[C@H](Sc1nnc2c(Cl)cc(Cl)cn12)C(=O)Nc1ccc2c(c1)OCO2. The molecule has 7 nitrogen and oxygen atoms in total. The molecule has 1 atom stereocenters. The number of thioether (sulfide) groups is 1. The van der Waals surface area contributed by atoms with E-state index in [1.165, 1.54) is 11.8 Å². The van der Waals surface area contributed by atoms with E-state index in [4.69, 9.17) is 32.7 Å². The maximum absolute atomic E-state index is 12.5. The minimum atomic E-state index is -0.425. The molecule has 3 heterocycles. The van der Waals surface area contributed by atoms with Gasteiger partial charge in [-0.15, -0.1) is 10.2 Å². The summed E-state index contributed by atoms with van der Waals surface area (Å²) in [6.07, 6.45) is 1.66. The van der Waals surface area contributed by atoms with Gasteiger partial charge in [-0.25, -0.2) is 0 Å². The van der Waals surface area contributed by atoms with Crippen molar-refractivity contribution in [2.45, 2.75) is 17.3 Å². The highest BCUT2D eigenvalue weighted by Crippen LogP contribution is 2.34. The quantitative estimate of drug-likeness (QED) is 0.657. The smallest absolute Gasteiger partial charge is 0.237 e. The average molecular weight is 411 g/mol. The predicted molar refractivity (Wildman–Crippen MR) is 99.5 cm³/mol. The molecule has 0 spiro atoms. The third kappa shape index (κ3) is 3.27. The molecule has 0 radical (unpaired) electrons. The van der Waals surface area contributed by atoms with Crippen molar-refractivity contribution in [2.75, 3.05) is 12.1 Å². The highest BCUT2D eigenvalue weighted by atomic mass is 35.5. The van der Waals surface area contributed by atoms with Crippen LogP contribution in [-0.4, -0.2) is 32.5 Å². The number of fused-ring (bicyclic) bond motifs is 2. The molecule has 0 saturated carbocycles. The number of nitrogens with one attached hydrogen (secondary N) is 1. The molecule has 1 amide bonds. The van der Waals surface area contributed by atoms with Gasteiger partial charge < -0.3 is 14.8 Å². The molecular weight excluding hydrogens is 399 g/mol. The topological polar surface area (TPSA) is 77.8 Å². The number of nitrogens with zero attached hydrogens (tertiary/aromatic N) is 3. The summed E-state index contributed by atoms with van der Waals surface area (Å²) in [5.41, 5.74) is 1.12. The number of benzene rings is 1. The Morgan fingerprint density at radius 1 is 1.27 bits per heavy atom. The second-order valence-corrected chi connectivity index (χ2v) is 7.65. The first kappa shape index (κ1) is 17.3. The first-order valence-corrected chi connectivity index (χ1v) is 9.22. The maximum atomic E-state index is 12.5. The molecule has 10 heteroatoms. The van der Waals surface area contributed by atoms with E-state index < -0.39 is 5.25 Å². The van der Waals surface area contributed by atoms with E-state index in [1.807, 2.05) is 0 Å². The van der Waals surface area contributed by atoms with Gasteiger partial charge in [-0.3, -0.25) is 9.20 Å². The molecule has 26 heavy (non-hydrogen) atoms. The van der Waals surface area contributed by atoms with Crippen LogP contribution in [0.2, 0.25) is 10.0 Å². The third-order valence-electron chi connectivity index (χ3n) is 3.69. The fourth-order valence-electron chi connectivity index (χ4n) is 2.41. The number of carbonyl (C=O) groups excluding carboxylic acids is 1. The number of ether oxygens (including phenoxy) is 2. The van der Waals surface area contributed by atoms with Crippen LogP contribution < -0.4 is 14.8 Å². The van der Waals surface area contributed by atoms with Crippen molar-refractivity contribution >= 4 is 52.2 Å². The summed E-state index contributed by atoms with van der Waals surface area (Å²) in [6, 6.07) is 6.83. The molecule has 1 N–H and O–H groups in total. The highest BCUT2D eigenvalue weighted by Gasteiger charge is 2.20. The Balaban J connectivity index is 1.49. The fraction of sp³-hybridized carbons (Fsp3) is 0.188. The summed E-state index contributed by atoms with van der Waals surface area (Å²) in [4.78, 5) is 12.5. The summed E-state index contributed by atoms with van der Waals surface area (Å²) < 4.78 is 12.2. The zero-order valence-electron chi connectivity index (χ0n) is 13.4. The Bertz CT molecular complexity index is 1010. The second kappa shape index (κ2) is 6.86. The normalized spacial score (nSPS) is 13.8. The zero-order valence-corrected chi connectivity index (χ0v) is 15.7. The summed E-state index contributed by atoms with van der Waals surface area (Å²) >= 11 is 13.4. The first-order valence-electron chi connectivity index (χ1n) is 7.58. The van der Waals surface area contributed by atoms with Crippen LogP contribution in [0.25, 0.3) is 5.65 Å². The van der Waals surface area contributed by atoms with Crippen LogP contribution in [-0.2, 0) is 4.79 Å². The van der Waals surface area contributed by atoms with Gasteiger partial charge >= 0.3 is 0 Å². The number of hydrogen-bond donors (Lipinski definition) is 1. The third-order valence-corrected chi connectivity index (χ3v) is 5.23. The monoisotopic (exact) mass is 410 g/mol. The van der Waals surface area contributed by atoms with Crippen LogP contribution in [0, 0.1) is 0 Å². The van der Waals surface area contributed by atoms with Crippen LogP contribution >= 0.6 is 35.0 Å². The van der Waals surface area contributed by atoms with E-state index in [0.29, 0.717) is 38.0 Å². The molecule has 1 aliphatic rings. The number of pyridine rings is 1. The Kier molecular flexibility index (Phi) is 4.56. The lowest BCUT2D eigenvalue weighted by Crippen LogP contribution is -2.22. The van der Waals surface area contributed by atoms with Gasteiger partial charge in [0.1, 0.15) is 0 Å². The Hall–Kier alpha value is -2.16. The Morgan fingerprint density at radius 2 is 2.08 bits per heavy atom. The lowest BCUT2D eigenvalue weighted by atomic mass is 10.2. The second-order valence-electron chi connectivity index (χ2n) is 5.50. The van der Waals surface area contributed by atoms with Crippen molar-refractivity contribution in [3.8, 4) is 11.5 Å². The molecule has 0 aliphatic carbocycles. The van der Waals surface area contributed by atoms with Gasteiger partial charge in [-0.05, 0) is 25.1 Å². The molecular formula is C16H12Cl2N4O3S. The molecule has 4 rings (SSSR count). The van der Waals surface area contributed by atoms with E-state index >= 15 is 0 Å². The van der Waals surface area contributed by atoms with Crippen molar-refractivity contribution in [3.63, 3.8) is 0 Å². The first-order chi connectivity index (χ1) is 12.5. The van der Waals surface area contributed by atoms with Crippen LogP contribution in [0.1, 0.15) is 6.92 Å². The highest BCUT2D eigenvalue weighted by molar-refractivity contribution is 8.00. The fourth-order valence-corrected chi connectivity index (χ4v) is 3.74. The van der Waals surface area contributed by atoms with Crippen molar-refractivity contribution in [1.29, 1.82) is 0 Å². The predicted octanol–water partition coefficient (Wildman–Crippen LogP) is 3.88. The molecule has 3 aromatic rings. The van der Waals surface area contributed by atoms with Gasteiger partial charge in [0, 0.05) is 18.0 Å². The number of carbonyl (C=O) groups is 1. The van der Waals surface area contributed by atoms with Crippen molar-refractivity contribution in [3.05, 3.63) is 40.5 Å². The van der Waals surface area contributed by atoms with Crippen LogP contribution in [0.3, 0.4) is 0 Å². The van der Waals surface area contributed by atoms with Crippen molar-refractivity contribution in [2.24, 2.45) is 0 Å². The summed E-state index contributed by atoms with van der Waals surface area (Å²) in [5.74, 6) is 1.09. The molecule has 2 aromatic heterocycles. The molecule has 0 bridgehead atoms.